The number of nitrogens with two attached hydrogens (primary N) is 1. The molecule has 0 fully saturated rings. The maximum atomic E-state index is 5.52. The molecule has 7 nitrogen and oxygen atoms in total. The summed E-state index contributed by atoms with van der Waals surface area (Å²) in [7, 11) is 5.49. The SMILES string of the molecule is COc1nc(N)nc(NC(C)CN(C)C)n1. The van der Waals surface area contributed by atoms with Crippen LogP contribution in [0.5, 0.6) is 6.01 Å². The Kier molecular flexibility index (Phi) is 4.24. The van der Waals surface area contributed by atoms with Crippen LogP contribution >= 0.6 is 0 Å². The summed E-state index contributed by atoms with van der Waals surface area (Å²) in [6.07, 6.45) is 0. The zero-order valence-electron chi connectivity index (χ0n) is 10.1. The molecular weight excluding hydrogens is 208 g/mol. The Morgan fingerprint density at radius 3 is 2.62 bits per heavy atom. The molecule has 0 saturated carbocycles. The molecule has 0 saturated heterocycles. The molecule has 1 aromatic rings. The van der Waals surface area contributed by atoms with Gasteiger partial charge < -0.3 is 20.7 Å². The summed E-state index contributed by atoms with van der Waals surface area (Å²) in [6, 6.07) is 0.425. The van der Waals surface area contributed by atoms with E-state index in [0.29, 0.717) is 5.95 Å². The van der Waals surface area contributed by atoms with Gasteiger partial charge in [-0.25, -0.2) is 0 Å². The van der Waals surface area contributed by atoms with Gasteiger partial charge in [0.05, 0.1) is 7.11 Å². The first-order chi connectivity index (χ1) is 7.51. The molecule has 1 atom stereocenters. The number of aromatic nitrogens is 3. The molecule has 16 heavy (non-hydrogen) atoms. The molecule has 90 valence electrons. The van der Waals surface area contributed by atoms with Crippen LogP contribution in [-0.4, -0.2) is 53.6 Å². The lowest BCUT2D eigenvalue weighted by atomic mass is 10.3. The van der Waals surface area contributed by atoms with E-state index in [1.54, 1.807) is 0 Å². The number of nitrogen functional groups attached to an aromatic ring is 1. The summed E-state index contributed by atoms with van der Waals surface area (Å²) >= 11 is 0. The number of anilines is 2. The predicted molar refractivity (Wildman–Crippen MR) is 62.4 cm³/mol. The van der Waals surface area contributed by atoms with Gasteiger partial charge in [-0.3, -0.25) is 0 Å². The van der Waals surface area contributed by atoms with Crippen molar-refractivity contribution in [2.75, 3.05) is 38.8 Å². The van der Waals surface area contributed by atoms with Gasteiger partial charge in [0.1, 0.15) is 0 Å². The van der Waals surface area contributed by atoms with Crippen LogP contribution < -0.4 is 15.8 Å². The molecule has 0 aliphatic rings. The first-order valence-electron chi connectivity index (χ1n) is 4.98. The molecule has 1 unspecified atom stereocenters. The maximum absolute atomic E-state index is 5.52. The molecule has 0 spiro atoms. The number of hydrogen-bond acceptors (Lipinski definition) is 7. The van der Waals surface area contributed by atoms with Gasteiger partial charge in [-0.05, 0) is 21.0 Å². The molecule has 1 aromatic heterocycles. The minimum Gasteiger partial charge on any atom is -0.467 e. The summed E-state index contributed by atoms with van der Waals surface area (Å²) in [4.78, 5) is 13.9. The Morgan fingerprint density at radius 1 is 1.38 bits per heavy atom. The lowest BCUT2D eigenvalue weighted by molar-refractivity contribution is 0.377. The van der Waals surface area contributed by atoms with Crippen LogP contribution in [0.4, 0.5) is 11.9 Å². The molecule has 0 aliphatic heterocycles. The molecule has 0 bridgehead atoms. The second-order valence-corrected chi connectivity index (χ2v) is 3.81. The van der Waals surface area contributed by atoms with Gasteiger partial charge in [-0.1, -0.05) is 0 Å². The zero-order valence-corrected chi connectivity index (χ0v) is 10.1. The molecule has 3 N–H and O–H groups in total. The highest BCUT2D eigenvalue weighted by Gasteiger charge is 2.08. The molecule has 0 amide bonds. The Hall–Kier alpha value is -1.63. The van der Waals surface area contributed by atoms with Crippen LogP contribution in [0.25, 0.3) is 0 Å². The topological polar surface area (TPSA) is 89.2 Å². The maximum Gasteiger partial charge on any atom is 0.322 e. The van der Waals surface area contributed by atoms with Crippen molar-refractivity contribution in [3.05, 3.63) is 0 Å². The van der Waals surface area contributed by atoms with Crippen molar-refractivity contribution in [1.29, 1.82) is 0 Å². The van der Waals surface area contributed by atoms with Gasteiger partial charge in [0.25, 0.3) is 0 Å². The average Bonchev–Trinajstić information content (AvgIpc) is 2.14. The minimum absolute atomic E-state index is 0.145. The number of ether oxygens (including phenoxy) is 1. The van der Waals surface area contributed by atoms with E-state index in [1.807, 2.05) is 21.0 Å². The number of likely N-dealkylation sites (N-methyl/N-ethyl adjacent to an activating group) is 1. The van der Waals surface area contributed by atoms with Crippen molar-refractivity contribution in [2.45, 2.75) is 13.0 Å². The Labute approximate surface area is 95.0 Å². The predicted octanol–water partition coefficient (Wildman–Crippen LogP) is -0.176. The molecule has 0 aromatic carbocycles. The highest BCUT2D eigenvalue weighted by molar-refractivity contribution is 5.33. The standard InChI is InChI=1S/C9H18N6O/c1-6(5-15(2)3)11-8-12-7(10)13-9(14-8)16-4/h6H,5H2,1-4H3,(H3,10,11,12,13,14). The molecule has 1 heterocycles. The van der Waals surface area contributed by atoms with Crippen molar-refractivity contribution in [1.82, 2.24) is 19.9 Å². The smallest absolute Gasteiger partial charge is 0.322 e. The third-order valence-corrected chi connectivity index (χ3v) is 1.83. The van der Waals surface area contributed by atoms with Gasteiger partial charge in [0, 0.05) is 12.6 Å². The largest absolute Gasteiger partial charge is 0.467 e. The van der Waals surface area contributed by atoms with E-state index in [-0.39, 0.29) is 18.0 Å². The zero-order chi connectivity index (χ0) is 12.1. The van der Waals surface area contributed by atoms with Crippen molar-refractivity contribution in [3.63, 3.8) is 0 Å². The van der Waals surface area contributed by atoms with E-state index >= 15 is 0 Å². The van der Waals surface area contributed by atoms with E-state index < -0.39 is 0 Å². The molecule has 1 rings (SSSR count). The number of rotatable bonds is 5. The van der Waals surface area contributed by atoms with E-state index in [4.69, 9.17) is 10.5 Å². The van der Waals surface area contributed by atoms with Gasteiger partial charge >= 0.3 is 6.01 Å². The van der Waals surface area contributed by atoms with Crippen LogP contribution in [0.1, 0.15) is 6.92 Å². The molecule has 7 heteroatoms. The second-order valence-electron chi connectivity index (χ2n) is 3.81. The van der Waals surface area contributed by atoms with Crippen LogP contribution in [0, 0.1) is 0 Å². The van der Waals surface area contributed by atoms with Crippen molar-refractivity contribution in [2.24, 2.45) is 0 Å². The number of hydrogen-bond donors (Lipinski definition) is 2. The number of methoxy groups -OCH3 is 1. The average molecular weight is 226 g/mol. The fourth-order valence-corrected chi connectivity index (χ4v) is 1.34. The van der Waals surface area contributed by atoms with Gasteiger partial charge in [0.15, 0.2) is 0 Å². The van der Waals surface area contributed by atoms with Gasteiger partial charge in [-0.2, -0.15) is 15.0 Å². The van der Waals surface area contributed by atoms with Crippen LogP contribution in [-0.2, 0) is 0 Å². The fourth-order valence-electron chi connectivity index (χ4n) is 1.34. The highest BCUT2D eigenvalue weighted by Crippen LogP contribution is 2.09. The Bertz CT molecular complexity index is 343. The lowest BCUT2D eigenvalue weighted by Crippen LogP contribution is -2.30. The highest BCUT2D eigenvalue weighted by atomic mass is 16.5. The summed E-state index contributed by atoms with van der Waals surface area (Å²) in [5.74, 6) is 0.574. The Morgan fingerprint density at radius 2 is 2.06 bits per heavy atom. The fraction of sp³-hybridized carbons (Fsp3) is 0.667. The van der Waals surface area contributed by atoms with Crippen LogP contribution in [0.3, 0.4) is 0 Å². The van der Waals surface area contributed by atoms with Crippen LogP contribution in [0.15, 0.2) is 0 Å². The van der Waals surface area contributed by atoms with Crippen molar-refractivity contribution < 1.29 is 4.74 Å². The number of nitrogens with one attached hydrogen (secondary N) is 1. The lowest BCUT2D eigenvalue weighted by Gasteiger charge is -2.18. The monoisotopic (exact) mass is 226 g/mol. The van der Waals surface area contributed by atoms with E-state index in [2.05, 4.69) is 25.2 Å². The van der Waals surface area contributed by atoms with Crippen molar-refractivity contribution >= 4 is 11.9 Å². The quantitative estimate of drug-likeness (QED) is 0.720. The van der Waals surface area contributed by atoms with E-state index in [1.165, 1.54) is 7.11 Å². The summed E-state index contributed by atoms with van der Waals surface area (Å²) in [6.45, 7) is 2.90. The summed E-state index contributed by atoms with van der Waals surface area (Å²) in [5, 5.41) is 3.12. The molecule has 0 radical (unpaired) electrons. The van der Waals surface area contributed by atoms with Crippen LogP contribution in [0.2, 0.25) is 0 Å². The third-order valence-electron chi connectivity index (χ3n) is 1.83. The molecule has 0 aliphatic carbocycles. The third kappa shape index (κ3) is 3.85. The van der Waals surface area contributed by atoms with E-state index in [0.717, 1.165) is 6.54 Å². The first-order valence-corrected chi connectivity index (χ1v) is 4.98. The van der Waals surface area contributed by atoms with Gasteiger partial charge in [0.2, 0.25) is 11.9 Å². The summed E-state index contributed by atoms with van der Waals surface area (Å²) in [5.41, 5.74) is 5.52. The number of nitrogens with zero attached hydrogens (tertiary/aromatic N) is 4. The van der Waals surface area contributed by atoms with Crippen molar-refractivity contribution in [3.8, 4) is 6.01 Å². The second kappa shape index (κ2) is 5.45. The summed E-state index contributed by atoms with van der Waals surface area (Å²) < 4.78 is 4.91. The minimum atomic E-state index is 0.145. The normalized spacial score (nSPS) is 12.6. The van der Waals surface area contributed by atoms with Gasteiger partial charge in [-0.15, -0.1) is 0 Å². The Balaban J connectivity index is 2.69. The first kappa shape index (κ1) is 12.4. The van der Waals surface area contributed by atoms with E-state index in [9.17, 15) is 0 Å². The molecular formula is C9H18N6O.